The molecule has 4 nitrogen and oxygen atoms in total. The summed E-state index contributed by atoms with van der Waals surface area (Å²) in [5, 5.41) is 10.1. The van der Waals surface area contributed by atoms with Gasteiger partial charge >= 0.3 is 0 Å². The van der Waals surface area contributed by atoms with Crippen LogP contribution in [-0.2, 0) is 9.53 Å². The highest BCUT2D eigenvalue weighted by Gasteiger charge is 2.44. The van der Waals surface area contributed by atoms with E-state index in [4.69, 9.17) is 4.74 Å². The minimum Gasteiger partial charge on any atom is -0.390 e. The van der Waals surface area contributed by atoms with Crippen LogP contribution in [0.3, 0.4) is 0 Å². The van der Waals surface area contributed by atoms with E-state index < -0.39 is 0 Å². The highest BCUT2D eigenvalue weighted by atomic mass is 32.2. The van der Waals surface area contributed by atoms with Crippen molar-refractivity contribution in [3.63, 3.8) is 0 Å². The van der Waals surface area contributed by atoms with Crippen molar-refractivity contribution in [1.82, 2.24) is 4.90 Å². The van der Waals surface area contributed by atoms with Gasteiger partial charge in [0.05, 0.1) is 17.5 Å². The van der Waals surface area contributed by atoms with E-state index in [2.05, 4.69) is 0 Å². The third-order valence-corrected chi connectivity index (χ3v) is 4.38. The van der Waals surface area contributed by atoms with Gasteiger partial charge in [-0.25, -0.2) is 0 Å². The number of carbonyl (C=O) groups excluding carboxylic acids is 1. The van der Waals surface area contributed by atoms with Crippen LogP contribution in [0.5, 0.6) is 0 Å². The molecule has 0 radical (unpaired) electrons. The Morgan fingerprint density at radius 2 is 2.24 bits per heavy atom. The van der Waals surface area contributed by atoms with Crippen LogP contribution in [0, 0.1) is 0 Å². The van der Waals surface area contributed by atoms with Gasteiger partial charge in [-0.1, -0.05) is 0 Å². The first kappa shape index (κ1) is 13.2. The fraction of sp³-hybridized carbons (Fsp3) is 0.917. The lowest BCUT2D eigenvalue weighted by Crippen LogP contribution is -2.56. The minimum atomic E-state index is -0.367. The zero-order valence-electron chi connectivity index (χ0n) is 10.4. The number of carbonyl (C=O) groups is 1. The Kier molecular flexibility index (Phi) is 4.33. The maximum atomic E-state index is 11.8. The Labute approximate surface area is 107 Å². The van der Waals surface area contributed by atoms with Gasteiger partial charge < -0.3 is 14.7 Å². The molecule has 1 spiro atoms. The maximum absolute atomic E-state index is 11.8. The van der Waals surface area contributed by atoms with Gasteiger partial charge in [0, 0.05) is 19.7 Å². The van der Waals surface area contributed by atoms with Crippen LogP contribution in [0.25, 0.3) is 0 Å². The standard InChI is InChI=1S/C12H21NO3S/c1-17-9-11(15)13-6-4-12(5-7-13)10(14)3-2-8-16-12/h10,14H,2-9H2,1H3/t10-/m1/s1. The van der Waals surface area contributed by atoms with Gasteiger partial charge in [-0.15, -0.1) is 0 Å². The Hall–Kier alpha value is -0.260. The molecule has 98 valence electrons. The fourth-order valence-electron chi connectivity index (χ4n) is 2.74. The molecule has 2 rings (SSSR count). The van der Waals surface area contributed by atoms with Crippen molar-refractivity contribution >= 4 is 17.7 Å². The highest BCUT2D eigenvalue weighted by Crippen LogP contribution is 2.35. The fourth-order valence-corrected chi connectivity index (χ4v) is 3.17. The third kappa shape index (κ3) is 2.77. The largest absolute Gasteiger partial charge is 0.390 e. The summed E-state index contributed by atoms with van der Waals surface area (Å²) in [4.78, 5) is 13.6. The third-order valence-electron chi connectivity index (χ3n) is 3.85. The molecule has 2 saturated heterocycles. The number of hydrogen-bond acceptors (Lipinski definition) is 4. The molecular weight excluding hydrogens is 238 g/mol. The topological polar surface area (TPSA) is 49.8 Å². The molecule has 0 bridgehead atoms. The highest BCUT2D eigenvalue weighted by molar-refractivity contribution is 7.99. The summed E-state index contributed by atoms with van der Waals surface area (Å²) in [6.07, 6.45) is 4.91. The summed E-state index contributed by atoms with van der Waals surface area (Å²) in [6, 6.07) is 0. The van der Waals surface area contributed by atoms with E-state index in [-0.39, 0.29) is 17.6 Å². The quantitative estimate of drug-likeness (QED) is 0.800. The summed E-state index contributed by atoms with van der Waals surface area (Å²) in [6.45, 7) is 2.18. The van der Waals surface area contributed by atoms with Crippen LogP contribution < -0.4 is 0 Å². The molecule has 1 N–H and O–H groups in total. The van der Waals surface area contributed by atoms with E-state index in [9.17, 15) is 9.90 Å². The number of rotatable bonds is 2. The first-order valence-electron chi connectivity index (χ1n) is 6.27. The summed E-state index contributed by atoms with van der Waals surface area (Å²) in [5.74, 6) is 0.758. The van der Waals surface area contributed by atoms with Gasteiger partial charge in [0.25, 0.3) is 0 Å². The van der Waals surface area contributed by atoms with Gasteiger partial charge in [-0.3, -0.25) is 4.79 Å². The van der Waals surface area contributed by atoms with Crippen LogP contribution in [0.15, 0.2) is 0 Å². The van der Waals surface area contributed by atoms with E-state index in [1.165, 1.54) is 0 Å². The molecule has 0 aromatic heterocycles. The Morgan fingerprint density at radius 1 is 1.53 bits per heavy atom. The predicted octanol–water partition coefficient (Wildman–Crippen LogP) is 0.882. The molecule has 5 heteroatoms. The number of thioether (sulfide) groups is 1. The van der Waals surface area contributed by atoms with Crippen LogP contribution in [0.2, 0.25) is 0 Å². The minimum absolute atomic E-state index is 0.206. The van der Waals surface area contributed by atoms with Crippen molar-refractivity contribution in [1.29, 1.82) is 0 Å². The Balaban J connectivity index is 1.90. The average molecular weight is 259 g/mol. The van der Waals surface area contributed by atoms with Crippen molar-refractivity contribution < 1.29 is 14.6 Å². The summed E-state index contributed by atoms with van der Waals surface area (Å²) in [5.41, 5.74) is -0.367. The van der Waals surface area contributed by atoms with Crippen LogP contribution >= 0.6 is 11.8 Å². The lowest BCUT2D eigenvalue weighted by Gasteiger charge is -2.46. The molecule has 1 amide bonds. The van der Waals surface area contributed by atoms with E-state index in [0.29, 0.717) is 5.75 Å². The van der Waals surface area contributed by atoms with Gasteiger partial charge in [0.2, 0.25) is 5.91 Å². The zero-order valence-corrected chi connectivity index (χ0v) is 11.2. The van der Waals surface area contributed by atoms with Gasteiger partial charge in [-0.2, -0.15) is 11.8 Å². The molecule has 17 heavy (non-hydrogen) atoms. The van der Waals surface area contributed by atoms with Crippen molar-refractivity contribution in [2.45, 2.75) is 37.4 Å². The molecule has 0 aromatic rings. The van der Waals surface area contributed by atoms with Crippen molar-refractivity contribution in [2.24, 2.45) is 0 Å². The number of piperidine rings is 1. The summed E-state index contributed by atoms with van der Waals surface area (Å²) in [7, 11) is 0. The van der Waals surface area contributed by atoms with E-state index in [1.54, 1.807) is 11.8 Å². The summed E-state index contributed by atoms with van der Waals surface area (Å²) >= 11 is 1.56. The van der Waals surface area contributed by atoms with E-state index in [0.717, 1.165) is 45.4 Å². The van der Waals surface area contributed by atoms with Gasteiger partial charge in [0.1, 0.15) is 0 Å². The second kappa shape index (κ2) is 5.59. The Bertz CT molecular complexity index is 277. The molecule has 2 aliphatic heterocycles. The number of nitrogens with zero attached hydrogens (tertiary/aromatic N) is 1. The van der Waals surface area contributed by atoms with Crippen LogP contribution in [0.4, 0.5) is 0 Å². The van der Waals surface area contributed by atoms with E-state index in [1.807, 2.05) is 11.2 Å². The average Bonchev–Trinajstić information content (AvgIpc) is 2.34. The van der Waals surface area contributed by atoms with Crippen molar-refractivity contribution in [2.75, 3.05) is 31.7 Å². The van der Waals surface area contributed by atoms with Crippen molar-refractivity contribution in [3.8, 4) is 0 Å². The van der Waals surface area contributed by atoms with E-state index >= 15 is 0 Å². The van der Waals surface area contributed by atoms with Crippen LogP contribution in [-0.4, -0.2) is 59.3 Å². The second-order valence-electron chi connectivity index (χ2n) is 4.89. The number of ether oxygens (including phenoxy) is 1. The molecule has 0 unspecified atom stereocenters. The zero-order chi connectivity index (χ0) is 12.3. The van der Waals surface area contributed by atoms with Gasteiger partial charge in [0.15, 0.2) is 0 Å². The van der Waals surface area contributed by atoms with Crippen LogP contribution in [0.1, 0.15) is 25.7 Å². The Morgan fingerprint density at radius 3 is 2.82 bits per heavy atom. The summed E-state index contributed by atoms with van der Waals surface area (Å²) < 4.78 is 5.81. The number of aliphatic hydroxyl groups is 1. The maximum Gasteiger partial charge on any atom is 0.232 e. The molecule has 0 aromatic carbocycles. The lowest BCUT2D eigenvalue weighted by molar-refractivity contribution is -0.179. The SMILES string of the molecule is CSCC(=O)N1CCC2(CC1)OCCC[C@H]2O. The number of amides is 1. The monoisotopic (exact) mass is 259 g/mol. The molecule has 2 aliphatic rings. The molecular formula is C12H21NO3S. The molecule has 2 heterocycles. The smallest absolute Gasteiger partial charge is 0.232 e. The van der Waals surface area contributed by atoms with Gasteiger partial charge in [-0.05, 0) is 31.9 Å². The predicted molar refractivity (Wildman–Crippen MR) is 68.1 cm³/mol. The number of likely N-dealkylation sites (tertiary alicyclic amines) is 1. The number of hydrogen-bond donors (Lipinski definition) is 1. The van der Waals surface area contributed by atoms with Crippen molar-refractivity contribution in [3.05, 3.63) is 0 Å². The molecule has 1 atom stereocenters. The molecule has 2 fully saturated rings. The number of aliphatic hydroxyl groups excluding tert-OH is 1. The first-order chi connectivity index (χ1) is 8.18. The lowest BCUT2D eigenvalue weighted by atomic mass is 9.82. The normalized spacial score (nSPS) is 28.4. The first-order valence-corrected chi connectivity index (χ1v) is 7.66. The second-order valence-corrected chi connectivity index (χ2v) is 5.75. The molecule has 0 saturated carbocycles. The molecule has 0 aliphatic carbocycles.